The molecule has 0 atom stereocenters. The van der Waals surface area contributed by atoms with Crippen molar-refractivity contribution in [1.82, 2.24) is 9.97 Å². The zero-order chi connectivity index (χ0) is 10.9. The van der Waals surface area contributed by atoms with Gasteiger partial charge in [0.05, 0.1) is 0 Å². The lowest BCUT2D eigenvalue weighted by Gasteiger charge is -2.12. The molecule has 0 radical (unpaired) electrons. The Hall–Kier alpha value is -0.960. The van der Waals surface area contributed by atoms with E-state index in [4.69, 9.17) is 5.73 Å². The molecular formula is C12H19N3. The van der Waals surface area contributed by atoms with Crippen LogP contribution in [0.1, 0.15) is 38.2 Å². The lowest BCUT2D eigenvalue weighted by atomic mass is 10.1. The molecular weight excluding hydrogens is 186 g/mol. The van der Waals surface area contributed by atoms with E-state index in [0.29, 0.717) is 12.5 Å². The molecule has 0 aliphatic heterocycles. The lowest BCUT2D eigenvalue weighted by Crippen LogP contribution is -2.23. The van der Waals surface area contributed by atoms with E-state index in [1.807, 2.05) is 12.3 Å². The van der Waals surface area contributed by atoms with Crippen molar-refractivity contribution in [3.8, 4) is 0 Å². The molecule has 3 heteroatoms. The molecule has 0 amide bonds. The van der Waals surface area contributed by atoms with Crippen LogP contribution in [0.5, 0.6) is 0 Å². The fourth-order valence-corrected chi connectivity index (χ4v) is 1.85. The third kappa shape index (κ3) is 2.17. The van der Waals surface area contributed by atoms with E-state index < -0.39 is 0 Å². The highest BCUT2D eigenvalue weighted by molar-refractivity contribution is 5.20. The molecule has 1 fully saturated rings. The van der Waals surface area contributed by atoms with Gasteiger partial charge in [-0.05, 0) is 31.2 Å². The largest absolute Gasteiger partial charge is 0.329 e. The van der Waals surface area contributed by atoms with Crippen LogP contribution in [0.4, 0.5) is 0 Å². The van der Waals surface area contributed by atoms with Gasteiger partial charge in [0.1, 0.15) is 5.82 Å². The standard InChI is InChI=1S/C12H19N3/c1-9(2)7-10-3-6-14-11(15-10)12(8-13)4-5-12/h3,6,9H,4-5,7-8,13H2,1-2H3. The quantitative estimate of drug-likeness (QED) is 0.813. The Kier molecular flexibility index (Phi) is 2.74. The SMILES string of the molecule is CC(C)Cc1ccnc(C2(CN)CC2)n1. The Bertz CT molecular complexity index is 342. The molecule has 0 unspecified atom stereocenters. The molecule has 1 aliphatic rings. The Morgan fingerprint density at radius 1 is 1.47 bits per heavy atom. The van der Waals surface area contributed by atoms with Crippen LogP contribution in [-0.2, 0) is 11.8 Å². The van der Waals surface area contributed by atoms with Gasteiger partial charge in [0, 0.05) is 23.9 Å². The molecule has 1 aliphatic carbocycles. The minimum absolute atomic E-state index is 0.118. The van der Waals surface area contributed by atoms with E-state index in [1.54, 1.807) is 0 Å². The topological polar surface area (TPSA) is 51.8 Å². The molecule has 0 saturated heterocycles. The number of hydrogen-bond acceptors (Lipinski definition) is 3. The first kappa shape index (κ1) is 10.6. The molecule has 2 N–H and O–H groups in total. The molecule has 1 aromatic heterocycles. The summed E-state index contributed by atoms with van der Waals surface area (Å²) >= 11 is 0. The summed E-state index contributed by atoms with van der Waals surface area (Å²) in [5.41, 5.74) is 7.04. The Morgan fingerprint density at radius 2 is 2.20 bits per heavy atom. The molecule has 0 bridgehead atoms. The second-order valence-corrected chi connectivity index (χ2v) is 4.95. The van der Waals surface area contributed by atoms with Crippen molar-refractivity contribution in [2.24, 2.45) is 11.7 Å². The summed E-state index contributed by atoms with van der Waals surface area (Å²) in [5.74, 6) is 1.60. The maximum Gasteiger partial charge on any atom is 0.135 e. The van der Waals surface area contributed by atoms with Gasteiger partial charge in [-0.15, -0.1) is 0 Å². The van der Waals surface area contributed by atoms with Gasteiger partial charge in [0.2, 0.25) is 0 Å². The summed E-state index contributed by atoms with van der Waals surface area (Å²) in [6, 6.07) is 2.01. The average molecular weight is 205 g/mol. The normalized spacial score (nSPS) is 18.1. The van der Waals surface area contributed by atoms with Gasteiger partial charge >= 0.3 is 0 Å². The zero-order valence-corrected chi connectivity index (χ0v) is 9.53. The number of nitrogens with two attached hydrogens (primary N) is 1. The second-order valence-electron chi connectivity index (χ2n) is 4.95. The summed E-state index contributed by atoms with van der Waals surface area (Å²) < 4.78 is 0. The predicted octanol–water partition coefficient (Wildman–Crippen LogP) is 1.67. The van der Waals surface area contributed by atoms with Gasteiger partial charge < -0.3 is 5.73 Å². The van der Waals surface area contributed by atoms with Crippen molar-refractivity contribution >= 4 is 0 Å². The van der Waals surface area contributed by atoms with E-state index in [1.165, 1.54) is 0 Å². The minimum Gasteiger partial charge on any atom is -0.329 e. The summed E-state index contributed by atoms with van der Waals surface area (Å²) in [7, 11) is 0. The number of hydrogen-bond donors (Lipinski definition) is 1. The molecule has 1 aromatic rings. The second kappa shape index (κ2) is 3.89. The monoisotopic (exact) mass is 205 g/mol. The minimum atomic E-state index is 0.118. The van der Waals surface area contributed by atoms with Gasteiger partial charge in [-0.1, -0.05) is 13.8 Å². The molecule has 3 nitrogen and oxygen atoms in total. The van der Waals surface area contributed by atoms with Crippen molar-refractivity contribution < 1.29 is 0 Å². The molecule has 15 heavy (non-hydrogen) atoms. The van der Waals surface area contributed by atoms with E-state index in [2.05, 4.69) is 23.8 Å². The highest BCUT2D eigenvalue weighted by Gasteiger charge is 2.45. The van der Waals surface area contributed by atoms with Gasteiger partial charge in [0.15, 0.2) is 0 Å². The summed E-state index contributed by atoms with van der Waals surface area (Å²) in [6.07, 6.45) is 5.19. The zero-order valence-electron chi connectivity index (χ0n) is 9.53. The van der Waals surface area contributed by atoms with Crippen molar-refractivity contribution in [2.75, 3.05) is 6.54 Å². The summed E-state index contributed by atoms with van der Waals surface area (Å²) in [4.78, 5) is 8.99. The fourth-order valence-electron chi connectivity index (χ4n) is 1.85. The number of aromatic nitrogens is 2. The first-order valence-electron chi connectivity index (χ1n) is 5.69. The first-order chi connectivity index (χ1) is 7.16. The van der Waals surface area contributed by atoms with Crippen LogP contribution in [0, 0.1) is 5.92 Å². The molecule has 0 aromatic carbocycles. The Morgan fingerprint density at radius 3 is 2.73 bits per heavy atom. The van der Waals surface area contributed by atoms with Crippen LogP contribution in [0.3, 0.4) is 0 Å². The Labute approximate surface area is 91.1 Å². The van der Waals surface area contributed by atoms with Crippen LogP contribution in [0.15, 0.2) is 12.3 Å². The molecule has 1 saturated carbocycles. The molecule has 82 valence electrons. The first-order valence-corrected chi connectivity index (χ1v) is 5.69. The van der Waals surface area contributed by atoms with Crippen molar-refractivity contribution in [1.29, 1.82) is 0 Å². The van der Waals surface area contributed by atoms with E-state index in [0.717, 1.165) is 30.8 Å². The molecule has 1 heterocycles. The van der Waals surface area contributed by atoms with E-state index >= 15 is 0 Å². The third-order valence-electron chi connectivity index (χ3n) is 3.05. The molecule has 2 rings (SSSR count). The van der Waals surface area contributed by atoms with Gasteiger partial charge in [-0.3, -0.25) is 0 Å². The molecule has 0 spiro atoms. The third-order valence-corrected chi connectivity index (χ3v) is 3.05. The van der Waals surface area contributed by atoms with E-state index in [-0.39, 0.29) is 5.41 Å². The number of nitrogens with zero attached hydrogens (tertiary/aromatic N) is 2. The van der Waals surface area contributed by atoms with Gasteiger partial charge in [-0.25, -0.2) is 9.97 Å². The maximum absolute atomic E-state index is 5.77. The van der Waals surface area contributed by atoms with Crippen LogP contribution in [0.25, 0.3) is 0 Å². The highest BCUT2D eigenvalue weighted by atomic mass is 14.9. The number of rotatable bonds is 4. The maximum atomic E-state index is 5.77. The van der Waals surface area contributed by atoms with Crippen LogP contribution in [0.2, 0.25) is 0 Å². The fraction of sp³-hybridized carbons (Fsp3) is 0.667. The predicted molar refractivity (Wildman–Crippen MR) is 60.5 cm³/mol. The van der Waals surface area contributed by atoms with Gasteiger partial charge in [-0.2, -0.15) is 0 Å². The van der Waals surface area contributed by atoms with Gasteiger partial charge in [0.25, 0.3) is 0 Å². The summed E-state index contributed by atoms with van der Waals surface area (Å²) in [6.45, 7) is 5.09. The Balaban J connectivity index is 2.19. The van der Waals surface area contributed by atoms with Crippen molar-refractivity contribution in [3.05, 3.63) is 23.8 Å². The smallest absolute Gasteiger partial charge is 0.135 e. The van der Waals surface area contributed by atoms with Crippen LogP contribution >= 0.6 is 0 Å². The van der Waals surface area contributed by atoms with Crippen LogP contribution in [-0.4, -0.2) is 16.5 Å². The van der Waals surface area contributed by atoms with Crippen molar-refractivity contribution in [2.45, 2.75) is 38.5 Å². The lowest BCUT2D eigenvalue weighted by molar-refractivity contribution is 0.606. The van der Waals surface area contributed by atoms with Crippen molar-refractivity contribution in [3.63, 3.8) is 0 Å². The average Bonchev–Trinajstić information content (AvgIpc) is 2.97. The van der Waals surface area contributed by atoms with Crippen LogP contribution < -0.4 is 5.73 Å². The highest BCUT2D eigenvalue weighted by Crippen LogP contribution is 2.45. The van der Waals surface area contributed by atoms with E-state index in [9.17, 15) is 0 Å². The summed E-state index contributed by atoms with van der Waals surface area (Å²) in [5, 5.41) is 0.